The van der Waals surface area contributed by atoms with Gasteiger partial charge in [0, 0.05) is 46.7 Å². The maximum absolute atomic E-state index is 14.4. The predicted molar refractivity (Wildman–Crippen MR) is 275 cm³/mol. The normalized spacial score (nSPS) is 20.6. The number of likely N-dealkylation sites (N-methyl/N-ethyl adjacent to an activating group) is 2. The van der Waals surface area contributed by atoms with E-state index in [0.29, 0.717) is 49.3 Å². The summed E-state index contributed by atoms with van der Waals surface area (Å²) in [6, 6.07) is 5.78. The fraction of sp³-hybridized carbons (Fsp3) is 0.759. The summed E-state index contributed by atoms with van der Waals surface area (Å²) >= 11 is 0. The number of imide groups is 1. The number of aliphatic hydroxyl groups is 2. The molecule has 2 heterocycles. The highest BCUT2D eigenvalue weighted by Gasteiger charge is 2.45. The molecule has 0 saturated carbocycles. The molecule has 414 valence electrons. The maximum atomic E-state index is 14.4. The number of benzene rings is 1. The van der Waals surface area contributed by atoms with Gasteiger partial charge >= 0.3 is 12.1 Å². The van der Waals surface area contributed by atoms with Crippen LogP contribution in [0.25, 0.3) is 0 Å². The largest absolute Gasteiger partial charge is 0.446 e. The van der Waals surface area contributed by atoms with Gasteiger partial charge < -0.3 is 44.8 Å². The van der Waals surface area contributed by atoms with E-state index >= 15 is 0 Å². The van der Waals surface area contributed by atoms with Crippen molar-refractivity contribution in [3.05, 3.63) is 35.9 Å². The minimum absolute atomic E-state index is 0.0214. The quantitative estimate of drug-likeness (QED) is 0.0553. The van der Waals surface area contributed by atoms with Gasteiger partial charge in [-0.2, -0.15) is 0 Å². The Hall–Kier alpha value is -4.69. The molecular weight excluding hydrogens is 941 g/mol. The highest BCUT2D eigenvalue weighted by atomic mass is 16.7. The number of hydrogen-bond donors (Lipinski definition) is 4. The molecule has 73 heavy (non-hydrogen) atoms. The van der Waals surface area contributed by atoms with Gasteiger partial charge in [-0.25, -0.2) is 9.59 Å². The van der Waals surface area contributed by atoms with Crippen LogP contribution in [-0.4, -0.2) is 161 Å². The lowest BCUT2D eigenvalue weighted by Crippen LogP contribution is -2.62. The summed E-state index contributed by atoms with van der Waals surface area (Å²) in [5, 5.41) is 29.7. The highest BCUT2D eigenvalue weighted by molar-refractivity contribution is 6.01. The molecule has 2 aliphatic rings. The monoisotopic (exact) mass is 1030 g/mol. The molecular formula is C54H90N6O13. The Morgan fingerprint density at radius 2 is 1.47 bits per heavy atom. The number of hydroxylamine groups is 2. The summed E-state index contributed by atoms with van der Waals surface area (Å²) in [5.74, 6) is -4.27. The van der Waals surface area contributed by atoms with E-state index in [1.807, 2.05) is 52.8 Å². The zero-order chi connectivity index (χ0) is 55.1. The van der Waals surface area contributed by atoms with E-state index in [0.717, 1.165) is 0 Å². The van der Waals surface area contributed by atoms with Crippen LogP contribution in [0.1, 0.15) is 152 Å². The second-order valence-corrected chi connectivity index (χ2v) is 21.5. The fourth-order valence-corrected chi connectivity index (χ4v) is 10.4. The molecule has 19 heteroatoms. The first-order valence-corrected chi connectivity index (χ1v) is 26.4. The number of rotatable bonds is 29. The first kappa shape index (κ1) is 62.6. The molecule has 0 aliphatic carbocycles. The van der Waals surface area contributed by atoms with Gasteiger partial charge in [-0.1, -0.05) is 98.6 Å². The van der Waals surface area contributed by atoms with Gasteiger partial charge in [0.2, 0.25) is 17.7 Å². The molecule has 0 radical (unpaired) electrons. The van der Waals surface area contributed by atoms with Crippen molar-refractivity contribution in [1.82, 2.24) is 30.4 Å². The minimum atomic E-state index is -1.26. The molecule has 13 atom stereocenters. The van der Waals surface area contributed by atoms with Crippen molar-refractivity contribution in [2.75, 3.05) is 34.9 Å². The maximum Gasteiger partial charge on any atom is 0.410 e. The SMILES string of the molecule is CCC[C@](C)(CC[C@H](C)OC(=O)N(C)[C@H](C(=O)N[C@@H](C(C)C)C(O)N(C)[C@H](C(CC(=O)N1CCC[C@H]1[C@H](OC)[C@@H](C)C(=O)N[C@H](C)[C@@H](O)c1ccccc1)OC)[C@@H](C)CC)C(C)C)C(=O)ON1C(=O)CCC1=O. The van der Waals surface area contributed by atoms with Crippen molar-refractivity contribution >= 4 is 41.6 Å². The van der Waals surface area contributed by atoms with Gasteiger partial charge in [-0.3, -0.25) is 33.8 Å². The summed E-state index contributed by atoms with van der Waals surface area (Å²) in [5.41, 5.74) is -0.390. The Kier molecular flexibility index (Phi) is 24.7. The zero-order valence-electron chi connectivity index (χ0n) is 46.4. The molecule has 2 aliphatic heterocycles. The fourth-order valence-electron chi connectivity index (χ4n) is 10.4. The molecule has 3 rings (SSSR count). The Bertz CT molecular complexity index is 1960. The van der Waals surface area contributed by atoms with Crippen molar-refractivity contribution in [1.29, 1.82) is 0 Å². The van der Waals surface area contributed by atoms with Gasteiger partial charge in [-0.05, 0) is 83.2 Å². The van der Waals surface area contributed by atoms with Crippen molar-refractivity contribution in [3.63, 3.8) is 0 Å². The first-order chi connectivity index (χ1) is 34.3. The average Bonchev–Trinajstić information content (AvgIpc) is 3.97. The summed E-state index contributed by atoms with van der Waals surface area (Å²) in [6.07, 6.45) is -1.51. The summed E-state index contributed by atoms with van der Waals surface area (Å²) < 4.78 is 17.9. The third-order valence-electron chi connectivity index (χ3n) is 15.2. The Balaban J connectivity index is 1.73. The number of methoxy groups -OCH3 is 2. The summed E-state index contributed by atoms with van der Waals surface area (Å²) in [4.78, 5) is 104. The second-order valence-electron chi connectivity index (χ2n) is 21.5. The minimum Gasteiger partial charge on any atom is -0.446 e. The smallest absolute Gasteiger partial charge is 0.410 e. The van der Waals surface area contributed by atoms with E-state index < -0.39 is 102 Å². The summed E-state index contributed by atoms with van der Waals surface area (Å²) in [6.45, 7) is 20.6. The number of carbonyl (C=O) groups excluding carboxylic acids is 7. The van der Waals surface area contributed by atoms with E-state index in [-0.39, 0.29) is 61.7 Å². The lowest BCUT2D eigenvalue weighted by Gasteiger charge is -2.44. The van der Waals surface area contributed by atoms with Crippen LogP contribution in [0.3, 0.4) is 0 Å². The van der Waals surface area contributed by atoms with E-state index in [4.69, 9.17) is 19.0 Å². The third kappa shape index (κ3) is 16.4. The lowest BCUT2D eigenvalue weighted by atomic mass is 9.80. The van der Waals surface area contributed by atoms with Gasteiger partial charge in [-0.15, -0.1) is 5.06 Å². The van der Waals surface area contributed by atoms with E-state index in [1.165, 1.54) is 26.2 Å². The Morgan fingerprint density at radius 3 is 2.00 bits per heavy atom. The third-order valence-corrected chi connectivity index (χ3v) is 15.2. The van der Waals surface area contributed by atoms with Gasteiger partial charge in [0.15, 0.2) is 0 Å². The lowest BCUT2D eigenvalue weighted by molar-refractivity contribution is -0.205. The van der Waals surface area contributed by atoms with Crippen molar-refractivity contribution in [2.24, 2.45) is 29.1 Å². The average molecular weight is 1030 g/mol. The van der Waals surface area contributed by atoms with Crippen molar-refractivity contribution in [2.45, 2.75) is 201 Å². The number of aliphatic hydroxyl groups excluding tert-OH is 2. The highest BCUT2D eigenvalue weighted by Crippen LogP contribution is 2.34. The van der Waals surface area contributed by atoms with Crippen molar-refractivity contribution in [3.8, 4) is 0 Å². The van der Waals surface area contributed by atoms with Crippen LogP contribution in [0.4, 0.5) is 4.79 Å². The number of hydrogen-bond acceptors (Lipinski definition) is 14. The first-order valence-electron chi connectivity index (χ1n) is 26.4. The molecule has 1 aromatic rings. The van der Waals surface area contributed by atoms with Gasteiger partial charge in [0.25, 0.3) is 11.8 Å². The van der Waals surface area contributed by atoms with Crippen LogP contribution < -0.4 is 10.6 Å². The Morgan fingerprint density at radius 1 is 0.849 bits per heavy atom. The zero-order valence-corrected chi connectivity index (χ0v) is 46.4. The van der Waals surface area contributed by atoms with Gasteiger partial charge in [0.1, 0.15) is 18.4 Å². The number of nitrogens with zero attached hydrogens (tertiary/aromatic N) is 4. The number of amides is 6. The standard InChI is InChI=1S/C54H90N6O13/c1-16-28-54(11,52(68)73-60-41(61)25-26-42(60)62)29-27-35(8)72-53(69)58(13)45(33(5)6)50(66)56-44(32(3)4)51(67)57(12)46(34(7)17-2)40(70-14)31-43(63)59-30-21-24-39(59)48(71-15)36(9)49(65)55-37(10)47(64)38-22-19-18-20-23-38/h18-20,22-23,32-37,39-40,44-48,51,64,67H,16-17,21,24-31H2,1-15H3,(H,55,65)(H,56,66)/t34-,35-,36+,37+,39-,40?,44-,45-,46-,47+,48+,51?,54+/m0/s1. The molecule has 2 fully saturated rings. The van der Waals surface area contributed by atoms with Crippen LogP contribution in [0.15, 0.2) is 30.3 Å². The Labute approximate surface area is 434 Å². The molecule has 0 bridgehead atoms. The molecule has 2 saturated heterocycles. The predicted octanol–water partition coefficient (Wildman–Crippen LogP) is 5.75. The van der Waals surface area contributed by atoms with Gasteiger partial charge in [0.05, 0.1) is 54.2 Å². The van der Waals surface area contributed by atoms with Crippen LogP contribution >= 0.6 is 0 Å². The number of nitrogens with one attached hydrogen (secondary N) is 2. The topological polar surface area (TPSA) is 234 Å². The molecule has 19 nitrogen and oxygen atoms in total. The van der Waals surface area contributed by atoms with E-state index in [1.54, 1.807) is 70.5 Å². The number of ether oxygens (including phenoxy) is 3. The molecule has 0 spiro atoms. The van der Waals surface area contributed by atoms with Crippen LogP contribution in [0, 0.1) is 29.1 Å². The van der Waals surface area contributed by atoms with Crippen LogP contribution in [-0.2, 0) is 47.8 Å². The molecule has 1 aromatic carbocycles. The molecule has 0 aromatic heterocycles. The number of likely N-dealkylation sites (tertiary alicyclic amines) is 1. The molecule has 6 amide bonds. The summed E-state index contributed by atoms with van der Waals surface area (Å²) in [7, 11) is 6.29. The second kappa shape index (κ2) is 28.8. The van der Waals surface area contributed by atoms with Crippen LogP contribution in [0.2, 0.25) is 0 Å². The van der Waals surface area contributed by atoms with Crippen LogP contribution in [0.5, 0.6) is 0 Å². The van der Waals surface area contributed by atoms with Crippen molar-refractivity contribution < 1.29 is 62.8 Å². The van der Waals surface area contributed by atoms with E-state index in [2.05, 4.69) is 10.6 Å². The van der Waals surface area contributed by atoms with E-state index in [9.17, 15) is 43.8 Å². The molecule has 2 unspecified atom stereocenters. The molecule has 4 N–H and O–H groups in total. The number of carbonyl (C=O) groups is 7.